The van der Waals surface area contributed by atoms with Gasteiger partial charge in [0.05, 0.1) is 12.6 Å². The lowest BCUT2D eigenvalue weighted by Crippen LogP contribution is -1.89. The van der Waals surface area contributed by atoms with Crippen molar-refractivity contribution < 1.29 is 4.74 Å². The zero-order valence-corrected chi connectivity index (χ0v) is 8.80. The minimum atomic E-state index is 0.614. The maximum absolute atomic E-state index is 6.04. The largest absolute Gasteiger partial charge is 0.481 e. The smallest absolute Gasteiger partial charge is 0.213 e. The second kappa shape index (κ2) is 3.46. The number of aryl methyl sites for hydroxylation is 1. The number of benzene rings is 1. The molecule has 72 valence electrons. The number of fused-ring (bicyclic) bond motifs is 1. The Kier molecular flexibility index (Phi) is 2.30. The Bertz CT molecular complexity index is 482. The van der Waals surface area contributed by atoms with E-state index in [2.05, 4.69) is 4.98 Å². The molecule has 0 fully saturated rings. The summed E-state index contributed by atoms with van der Waals surface area (Å²) in [5.41, 5.74) is 2.00. The van der Waals surface area contributed by atoms with Crippen molar-refractivity contribution in [3.63, 3.8) is 0 Å². The maximum Gasteiger partial charge on any atom is 0.213 e. The van der Waals surface area contributed by atoms with E-state index >= 15 is 0 Å². The van der Waals surface area contributed by atoms with Gasteiger partial charge in [0.15, 0.2) is 0 Å². The highest BCUT2D eigenvalue weighted by Crippen LogP contribution is 2.26. The Morgan fingerprint density at radius 1 is 1.21 bits per heavy atom. The van der Waals surface area contributed by atoms with Gasteiger partial charge in [0, 0.05) is 16.5 Å². The number of methoxy groups -OCH3 is 1. The topological polar surface area (TPSA) is 22.1 Å². The lowest BCUT2D eigenvalue weighted by molar-refractivity contribution is 0.399. The van der Waals surface area contributed by atoms with Gasteiger partial charge in [0.25, 0.3) is 0 Å². The predicted octanol–water partition coefficient (Wildman–Crippen LogP) is 3.21. The van der Waals surface area contributed by atoms with Crippen LogP contribution >= 0.6 is 11.6 Å². The molecule has 0 spiro atoms. The first-order valence-corrected chi connectivity index (χ1v) is 4.70. The summed E-state index contributed by atoms with van der Waals surface area (Å²) < 4.78 is 5.06. The van der Waals surface area contributed by atoms with E-state index < -0.39 is 0 Å². The van der Waals surface area contributed by atoms with Crippen molar-refractivity contribution in [2.75, 3.05) is 7.11 Å². The Morgan fingerprint density at radius 2 is 2.00 bits per heavy atom. The maximum atomic E-state index is 6.04. The van der Waals surface area contributed by atoms with Gasteiger partial charge in [-0.25, -0.2) is 4.98 Å². The van der Waals surface area contributed by atoms with Crippen LogP contribution in [-0.4, -0.2) is 12.1 Å². The lowest BCUT2D eigenvalue weighted by atomic mass is 10.1. The molecule has 0 unspecified atom stereocenters. The standard InChI is InChI=1S/C11H10ClNO/c1-7-3-5-9(12)8-4-6-10(14-2)13-11(7)8/h3-6H,1-2H3. The van der Waals surface area contributed by atoms with Gasteiger partial charge >= 0.3 is 0 Å². The molecule has 0 amide bonds. The van der Waals surface area contributed by atoms with Gasteiger partial charge in [-0.3, -0.25) is 0 Å². The quantitative estimate of drug-likeness (QED) is 0.717. The number of aromatic nitrogens is 1. The van der Waals surface area contributed by atoms with Crippen molar-refractivity contribution in [2.24, 2.45) is 0 Å². The molecular weight excluding hydrogens is 198 g/mol. The van der Waals surface area contributed by atoms with E-state index in [1.54, 1.807) is 7.11 Å². The molecule has 0 bridgehead atoms. The first-order valence-electron chi connectivity index (χ1n) is 4.32. The molecule has 0 atom stereocenters. The molecule has 14 heavy (non-hydrogen) atoms. The fourth-order valence-corrected chi connectivity index (χ4v) is 1.63. The van der Waals surface area contributed by atoms with Crippen molar-refractivity contribution in [1.82, 2.24) is 4.98 Å². The van der Waals surface area contributed by atoms with Crippen LogP contribution in [0.2, 0.25) is 5.02 Å². The van der Waals surface area contributed by atoms with E-state index in [0.29, 0.717) is 5.88 Å². The van der Waals surface area contributed by atoms with Crippen LogP contribution in [0.3, 0.4) is 0 Å². The fraction of sp³-hybridized carbons (Fsp3) is 0.182. The van der Waals surface area contributed by atoms with Gasteiger partial charge in [-0.05, 0) is 24.6 Å². The number of pyridine rings is 1. The highest BCUT2D eigenvalue weighted by molar-refractivity contribution is 6.35. The van der Waals surface area contributed by atoms with Gasteiger partial charge in [-0.15, -0.1) is 0 Å². The number of nitrogens with zero attached hydrogens (tertiary/aromatic N) is 1. The van der Waals surface area contributed by atoms with Crippen molar-refractivity contribution in [2.45, 2.75) is 6.92 Å². The third-order valence-electron chi connectivity index (χ3n) is 2.19. The Labute approximate surface area is 87.5 Å². The summed E-state index contributed by atoms with van der Waals surface area (Å²) >= 11 is 6.04. The van der Waals surface area contributed by atoms with Crippen molar-refractivity contribution in [1.29, 1.82) is 0 Å². The van der Waals surface area contributed by atoms with Gasteiger partial charge in [-0.2, -0.15) is 0 Å². The third kappa shape index (κ3) is 1.42. The third-order valence-corrected chi connectivity index (χ3v) is 2.52. The fourth-order valence-electron chi connectivity index (χ4n) is 1.42. The van der Waals surface area contributed by atoms with E-state index in [4.69, 9.17) is 16.3 Å². The average molecular weight is 208 g/mol. The van der Waals surface area contributed by atoms with Gasteiger partial charge in [0.1, 0.15) is 0 Å². The van der Waals surface area contributed by atoms with E-state index in [0.717, 1.165) is 21.5 Å². The molecule has 2 rings (SSSR count). The van der Waals surface area contributed by atoms with Crippen LogP contribution in [0.1, 0.15) is 5.56 Å². The first kappa shape index (κ1) is 9.28. The Hall–Kier alpha value is -1.28. The van der Waals surface area contributed by atoms with Crippen molar-refractivity contribution >= 4 is 22.5 Å². The molecule has 1 aromatic heterocycles. The normalized spacial score (nSPS) is 10.5. The first-order chi connectivity index (χ1) is 6.72. The summed E-state index contributed by atoms with van der Waals surface area (Å²) in [6.45, 7) is 2.01. The van der Waals surface area contributed by atoms with Gasteiger partial charge in [-0.1, -0.05) is 17.7 Å². The number of halogens is 1. The summed E-state index contributed by atoms with van der Waals surface area (Å²) in [7, 11) is 1.61. The van der Waals surface area contributed by atoms with Gasteiger partial charge < -0.3 is 4.74 Å². The van der Waals surface area contributed by atoms with Crippen LogP contribution in [0, 0.1) is 6.92 Å². The molecule has 0 aliphatic carbocycles. The summed E-state index contributed by atoms with van der Waals surface area (Å²) in [4.78, 5) is 4.35. The van der Waals surface area contributed by atoms with Crippen LogP contribution in [0.15, 0.2) is 24.3 Å². The second-order valence-corrected chi connectivity index (χ2v) is 3.52. The van der Waals surface area contributed by atoms with Crippen LogP contribution in [0.25, 0.3) is 10.9 Å². The van der Waals surface area contributed by atoms with Crippen molar-refractivity contribution in [3.8, 4) is 5.88 Å². The molecule has 3 heteroatoms. The molecular formula is C11H10ClNO. The lowest BCUT2D eigenvalue weighted by Gasteiger charge is -2.05. The Morgan fingerprint density at radius 3 is 2.71 bits per heavy atom. The summed E-state index contributed by atoms with van der Waals surface area (Å²) in [6, 6.07) is 7.58. The SMILES string of the molecule is COc1ccc2c(Cl)ccc(C)c2n1. The number of hydrogen-bond acceptors (Lipinski definition) is 2. The Balaban J connectivity index is 2.80. The molecule has 2 aromatic rings. The molecule has 0 radical (unpaired) electrons. The van der Waals surface area contributed by atoms with E-state index in [1.165, 1.54) is 0 Å². The monoisotopic (exact) mass is 207 g/mol. The summed E-state index contributed by atoms with van der Waals surface area (Å²) in [6.07, 6.45) is 0. The molecule has 0 aliphatic heterocycles. The highest BCUT2D eigenvalue weighted by atomic mass is 35.5. The average Bonchev–Trinajstić information content (AvgIpc) is 2.23. The van der Waals surface area contributed by atoms with Crippen LogP contribution < -0.4 is 4.74 Å². The molecule has 0 saturated heterocycles. The zero-order chi connectivity index (χ0) is 10.1. The van der Waals surface area contributed by atoms with E-state index in [-0.39, 0.29) is 0 Å². The summed E-state index contributed by atoms with van der Waals surface area (Å²) in [5.74, 6) is 0.614. The zero-order valence-electron chi connectivity index (χ0n) is 8.04. The van der Waals surface area contributed by atoms with E-state index in [9.17, 15) is 0 Å². The number of hydrogen-bond donors (Lipinski definition) is 0. The molecule has 0 N–H and O–H groups in total. The summed E-state index contributed by atoms with van der Waals surface area (Å²) in [5, 5.41) is 1.69. The van der Waals surface area contributed by atoms with Crippen LogP contribution in [0.4, 0.5) is 0 Å². The highest BCUT2D eigenvalue weighted by Gasteiger charge is 2.04. The molecule has 1 aromatic carbocycles. The van der Waals surface area contributed by atoms with E-state index in [1.807, 2.05) is 31.2 Å². The molecule has 1 heterocycles. The minimum Gasteiger partial charge on any atom is -0.481 e. The number of rotatable bonds is 1. The number of ether oxygens (including phenoxy) is 1. The van der Waals surface area contributed by atoms with Crippen molar-refractivity contribution in [3.05, 3.63) is 34.9 Å². The molecule has 2 nitrogen and oxygen atoms in total. The molecule has 0 aliphatic rings. The predicted molar refractivity (Wildman–Crippen MR) is 58.0 cm³/mol. The molecule has 0 saturated carbocycles. The van der Waals surface area contributed by atoms with Crippen LogP contribution in [0.5, 0.6) is 5.88 Å². The van der Waals surface area contributed by atoms with Gasteiger partial charge in [0.2, 0.25) is 5.88 Å². The second-order valence-electron chi connectivity index (χ2n) is 3.11. The van der Waals surface area contributed by atoms with Crippen LogP contribution in [-0.2, 0) is 0 Å². The minimum absolute atomic E-state index is 0.614.